The number of ether oxygens (including phenoxy) is 1. The maximum Gasteiger partial charge on any atom is 0.0991 e. The summed E-state index contributed by atoms with van der Waals surface area (Å²) >= 11 is 0. The summed E-state index contributed by atoms with van der Waals surface area (Å²) in [6, 6.07) is 10.1. The predicted octanol–water partition coefficient (Wildman–Crippen LogP) is 0.659. The van der Waals surface area contributed by atoms with Crippen LogP contribution in [-0.4, -0.2) is 26.4 Å². The van der Waals surface area contributed by atoms with E-state index in [4.69, 9.17) is 10.00 Å². The van der Waals surface area contributed by atoms with Gasteiger partial charge in [-0.2, -0.15) is 5.26 Å². The molecule has 3 N–H and O–H groups in total. The molecule has 1 fully saturated rings. The molecule has 0 radical (unpaired) electrons. The van der Waals surface area contributed by atoms with Crippen molar-refractivity contribution in [2.75, 3.05) is 20.3 Å². The molecule has 5 heteroatoms. The van der Waals surface area contributed by atoms with Crippen molar-refractivity contribution >= 4 is 0 Å². The van der Waals surface area contributed by atoms with Gasteiger partial charge in [-0.1, -0.05) is 12.1 Å². The van der Waals surface area contributed by atoms with Crippen molar-refractivity contribution in [2.45, 2.75) is 18.6 Å². The van der Waals surface area contributed by atoms with Crippen molar-refractivity contribution in [1.82, 2.24) is 16.2 Å². The summed E-state index contributed by atoms with van der Waals surface area (Å²) in [5, 5.41) is 12.1. The number of methoxy groups -OCH3 is 1. The topological polar surface area (TPSA) is 69.1 Å². The molecule has 2 atom stereocenters. The summed E-state index contributed by atoms with van der Waals surface area (Å²) in [4.78, 5) is 0. The van der Waals surface area contributed by atoms with Crippen molar-refractivity contribution in [2.24, 2.45) is 0 Å². The third kappa shape index (κ3) is 3.28. The first-order valence-corrected chi connectivity index (χ1v) is 6.07. The Labute approximate surface area is 107 Å². The van der Waals surface area contributed by atoms with Crippen LogP contribution in [0, 0.1) is 11.3 Å². The lowest BCUT2D eigenvalue weighted by Gasteiger charge is -2.11. The summed E-state index contributed by atoms with van der Waals surface area (Å²) < 4.78 is 5.00. The summed E-state index contributed by atoms with van der Waals surface area (Å²) in [6.07, 6.45) is 1.22. The molecule has 0 spiro atoms. The van der Waals surface area contributed by atoms with Gasteiger partial charge in [-0.25, -0.2) is 10.9 Å². The van der Waals surface area contributed by atoms with Crippen LogP contribution in [0.2, 0.25) is 0 Å². The zero-order valence-corrected chi connectivity index (χ0v) is 10.4. The number of benzene rings is 1. The maximum atomic E-state index is 8.76. The van der Waals surface area contributed by atoms with Gasteiger partial charge in [0, 0.05) is 19.7 Å². The molecule has 0 bridgehead atoms. The first-order chi connectivity index (χ1) is 8.83. The van der Waals surface area contributed by atoms with Gasteiger partial charge < -0.3 is 4.74 Å². The third-order valence-electron chi connectivity index (χ3n) is 3.04. The average molecular weight is 246 g/mol. The number of hydrogen-bond acceptors (Lipinski definition) is 5. The highest BCUT2D eigenvalue weighted by atomic mass is 16.5. The zero-order chi connectivity index (χ0) is 12.8. The van der Waals surface area contributed by atoms with Crippen LogP contribution in [0.3, 0.4) is 0 Å². The van der Waals surface area contributed by atoms with E-state index in [-0.39, 0.29) is 12.2 Å². The van der Waals surface area contributed by atoms with E-state index in [1.807, 2.05) is 24.3 Å². The fraction of sp³-hybridized carbons (Fsp3) is 0.462. The van der Waals surface area contributed by atoms with E-state index >= 15 is 0 Å². The fourth-order valence-corrected chi connectivity index (χ4v) is 2.03. The first-order valence-electron chi connectivity index (χ1n) is 6.07. The molecule has 0 aromatic heterocycles. The molecule has 18 heavy (non-hydrogen) atoms. The van der Waals surface area contributed by atoms with Crippen molar-refractivity contribution in [3.63, 3.8) is 0 Å². The van der Waals surface area contributed by atoms with Gasteiger partial charge >= 0.3 is 0 Å². The van der Waals surface area contributed by atoms with Gasteiger partial charge in [0.05, 0.1) is 24.4 Å². The molecule has 1 aliphatic heterocycles. The van der Waals surface area contributed by atoms with Crippen LogP contribution in [0.25, 0.3) is 0 Å². The molecular formula is C13H18N4O. The standard InChI is InChI=1S/C13H18N4O/c1-18-7-6-15-13-8-12(16-17-13)11-4-2-10(9-14)3-5-11/h2-5,12-13,15-17H,6-8H2,1H3. The van der Waals surface area contributed by atoms with E-state index in [1.54, 1.807) is 7.11 Å². The van der Waals surface area contributed by atoms with E-state index in [1.165, 1.54) is 5.56 Å². The van der Waals surface area contributed by atoms with Crippen molar-refractivity contribution < 1.29 is 4.74 Å². The van der Waals surface area contributed by atoms with Gasteiger partial charge in [0.2, 0.25) is 0 Å². The summed E-state index contributed by atoms with van der Waals surface area (Å²) in [5.74, 6) is 0. The molecule has 1 aromatic carbocycles. The maximum absolute atomic E-state index is 8.76. The van der Waals surface area contributed by atoms with Gasteiger partial charge in [0.25, 0.3) is 0 Å². The molecule has 0 saturated carbocycles. The Bertz CT molecular complexity index is 412. The highest BCUT2D eigenvalue weighted by Crippen LogP contribution is 2.21. The molecule has 0 amide bonds. The number of nitrogens with one attached hydrogen (secondary N) is 3. The average Bonchev–Trinajstić information content (AvgIpc) is 2.88. The second-order valence-electron chi connectivity index (χ2n) is 4.31. The lowest BCUT2D eigenvalue weighted by atomic mass is 10.0. The van der Waals surface area contributed by atoms with Crippen LogP contribution < -0.4 is 16.2 Å². The highest BCUT2D eigenvalue weighted by molar-refractivity contribution is 5.33. The Hall–Kier alpha value is -1.45. The minimum absolute atomic E-state index is 0.251. The Morgan fingerprint density at radius 1 is 1.39 bits per heavy atom. The Balaban J connectivity index is 1.86. The van der Waals surface area contributed by atoms with Crippen LogP contribution >= 0.6 is 0 Å². The minimum atomic E-state index is 0.251. The van der Waals surface area contributed by atoms with Crippen LogP contribution in [0.1, 0.15) is 23.6 Å². The molecule has 1 heterocycles. The monoisotopic (exact) mass is 246 g/mol. The molecule has 96 valence electrons. The molecule has 0 aliphatic carbocycles. The normalized spacial score (nSPS) is 22.9. The van der Waals surface area contributed by atoms with E-state index in [0.29, 0.717) is 12.2 Å². The van der Waals surface area contributed by atoms with E-state index < -0.39 is 0 Å². The Morgan fingerprint density at radius 3 is 2.83 bits per heavy atom. The predicted molar refractivity (Wildman–Crippen MR) is 68.5 cm³/mol. The quantitative estimate of drug-likeness (QED) is 0.666. The van der Waals surface area contributed by atoms with E-state index in [9.17, 15) is 0 Å². The smallest absolute Gasteiger partial charge is 0.0991 e. The van der Waals surface area contributed by atoms with Gasteiger partial charge in [-0.15, -0.1) is 0 Å². The molecule has 1 aromatic rings. The minimum Gasteiger partial charge on any atom is -0.383 e. The Kier molecular flexibility index (Phi) is 4.67. The SMILES string of the molecule is COCCNC1CC(c2ccc(C#N)cc2)NN1. The lowest BCUT2D eigenvalue weighted by Crippen LogP contribution is -2.42. The van der Waals surface area contributed by atoms with Crippen LogP contribution in [-0.2, 0) is 4.74 Å². The number of nitrogens with zero attached hydrogens (tertiary/aromatic N) is 1. The molecule has 1 aliphatic rings. The fourth-order valence-electron chi connectivity index (χ4n) is 2.03. The van der Waals surface area contributed by atoms with Crippen molar-refractivity contribution in [1.29, 1.82) is 5.26 Å². The van der Waals surface area contributed by atoms with Gasteiger partial charge in [-0.3, -0.25) is 5.32 Å². The van der Waals surface area contributed by atoms with Crippen molar-refractivity contribution in [3.8, 4) is 6.07 Å². The molecule has 5 nitrogen and oxygen atoms in total. The van der Waals surface area contributed by atoms with Crippen LogP contribution in [0.4, 0.5) is 0 Å². The zero-order valence-electron chi connectivity index (χ0n) is 10.4. The van der Waals surface area contributed by atoms with Crippen molar-refractivity contribution in [3.05, 3.63) is 35.4 Å². The largest absolute Gasteiger partial charge is 0.383 e. The highest BCUT2D eigenvalue weighted by Gasteiger charge is 2.24. The van der Waals surface area contributed by atoms with Crippen LogP contribution in [0.5, 0.6) is 0 Å². The number of rotatable bonds is 5. The molecule has 1 saturated heterocycles. The molecule has 2 unspecified atom stereocenters. The molecule has 2 rings (SSSR count). The second-order valence-corrected chi connectivity index (χ2v) is 4.31. The lowest BCUT2D eigenvalue weighted by molar-refractivity contribution is 0.194. The number of hydrogen-bond donors (Lipinski definition) is 3. The summed E-state index contributed by atoms with van der Waals surface area (Å²) in [5.41, 5.74) is 8.35. The molecular weight excluding hydrogens is 228 g/mol. The van der Waals surface area contributed by atoms with E-state index in [0.717, 1.165) is 13.0 Å². The van der Waals surface area contributed by atoms with E-state index in [2.05, 4.69) is 22.2 Å². The van der Waals surface area contributed by atoms with Crippen LogP contribution in [0.15, 0.2) is 24.3 Å². The summed E-state index contributed by atoms with van der Waals surface area (Å²) in [7, 11) is 1.70. The second kappa shape index (κ2) is 6.47. The number of hydrazine groups is 1. The Morgan fingerprint density at radius 2 is 2.17 bits per heavy atom. The number of nitriles is 1. The van der Waals surface area contributed by atoms with Gasteiger partial charge in [0.15, 0.2) is 0 Å². The summed E-state index contributed by atoms with van der Waals surface area (Å²) in [6.45, 7) is 1.54. The van der Waals surface area contributed by atoms with Gasteiger partial charge in [0.1, 0.15) is 0 Å². The first kappa shape index (κ1) is 13.0. The third-order valence-corrected chi connectivity index (χ3v) is 3.04. The van der Waals surface area contributed by atoms with Gasteiger partial charge in [-0.05, 0) is 24.1 Å².